The van der Waals surface area contributed by atoms with Crippen LogP contribution in [0.1, 0.15) is 25.7 Å². The average molecular weight is 134 g/mol. The van der Waals surface area contributed by atoms with E-state index in [1.54, 1.807) is 0 Å². The van der Waals surface area contributed by atoms with Gasteiger partial charge in [0.05, 0.1) is 0 Å². The highest BCUT2D eigenvalue weighted by atomic mass is 14.4. The van der Waals surface area contributed by atoms with Crippen molar-refractivity contribution in [3.05, 3.63) is 24.8 Å². The lowest BCUT2D eigenvalue weighted by Gasteiger charge is -2.20. The molecule has 0 heteroatoms. The number of fused-ring (bicyclic) bond motifs is 2. The molecule has 10 heavy (non-hydrogen) atoms. The number of allylic oxidation sites excluding steroid dienone is 3. The Bertz CT molecular complexity index is 178. The van der Waals surface area contributed by atoms with Gasteiger partial charge in [0.25, 0.3) is 0 Å². The van der Waals surface area contributed by atoms with Crippen LogP contribution in [0.3, 0.4) is 0 Å². The summed E-state index contributed by atoms with van der Waals surface area (Å²) in [5.74, 6) is 0.917. The van der Waals surface area contributed by atoms with Crippen molar-refractivity contribution in [3.63, 3.8) is 0 Å². The fourth-order valence-electron chi connectivity index (χ4n) is 2.40. The first-order chi connectivity index (χ1) is 4.85. The van der Waals surface area contributed by atoms with E-state index in [0.717, 1.165) is 5.92 Å². The van der Waals surface area contributed by atoms with Crippen molar-refractivity contribution in [1.82, 2.24) is 0 Å². The average Bonchev–Trinajstić information content (AvgIpc) is 2.46. The Kier molecular flexibility index (Phi) is 1.23. The summed E-state index contributed by atoms with van der Waals surface area (Å²) in [5.41, 5.74) is 0.562. The summed E-state index contributed by atoms with van der Waals surface area (Å²) in [4.78, 5) is 0. The Morgan fingerprint density at radius 1 is 1.70 bits per heavy atom. The summed E-state index contributed by atoms with van der Waals surface area (Å²) in [6.07, 6.45) is 12.3. The molecular formula is C10H14. The molecule has 0 aromatic heterocycles. The zero-order valence-electron chi connectivity index (χ0n) is 6.34. The van der Waals surface area contributed by atoms with E-state index in [1.165, 1.54) is 25.7 Å². The number of hydrogen-bond acceptors (Lipinski definition) is 0. The third kappa shape index (κ3) is 0.749. The molecule has 0 aliphatic heterocycles. The van der Waals surface area contributed by atoms with Gasteiger partial charge in [0.15, 0.2) is 0 Å². The summed E-state index contributed by atoms with van der Waals surface area (Å²) in [6.45, 7) is 3.80. The summed E-state index contributed by atoms with van der Waals surface area (Å²) in [5, 5.41) is 0. The molecule has 0 saturated heterocycles. The molecule has 2 bridgehead atoms. The van der Waals surface area contributed by atoms with Gasteiger partial charge >= 0.3 is 0 Å². The SMILES string of the molecule is C=CCC12C=CC(CC1)C2. The molecular weight excluding hydrogens is 120 g/mol. The third-order valence-corrected chi connectivity index (χ3v) is 2.95. The van der Waals surface area contributed by atoms with Gasteiger partial charge in [-0.3, -0.25) is 0 Å². The van der Waals surface area contributed by atoms with E-state index in [4.69, 9.17) is 0 Å². The van der Waals surface area contributed by atoms with Crippen molar-refractivity contribution < 1.29 is 0 Å². The van der Waals surface area contributed by atoms with Crippen molar-refractivity contribution in [3.8, 4) is 0 Å². The van der Waals surface area contributed by atoms with Gasteiger partial charge in [-0.15, -0.1) is 6.58 Å². The normalized spacial score (nSPS) is 42.6. The zero-order valence-corrected chi connectivity index (χ0v) is 6.34. The summed E-state index contributed by atoms with van der Waals surface area (Å²) in [6, 6.07) is 0. The maximum Gasteiger partial charge on any atom is -0.00780 e. The van der Waals surface area contributed by atoms with E-state index >= 15 is 0 Å². The van der Waals surface area contributed by atoms with Crippen molar-refractivity contribution in [2.24, 2.45) is 11.3 Å². The van der Waals surface area contributed by atoms with Crippen LogP contribution >= 0.6 is 0 Å². The second-order valence-electron chi connectivity index (χ2n) is 3.72. The van der Waals surface area contributed by atoms with E-state index in [0.29, 0.717) is 5.41 Å². The Hall–Kier alpha value is -0.520. The first-order valence-electron chi connectivity index (χ1n) is 4.15. The van der Waals surface area contributed by atoms with Gasteiger partial charge < -0.3 is 0 Å². The lowest BCUT2D eigenvalue weighted by molar-refractivity contribution is 0.410. The fourth-order valence-corrected chi connectivity index (χ4v) is 2.40. The first-order valence-corrected chi connectivity index (χ1v) is 4.15. The minimum Gasteiger partial charge on any atom is -0.103 e. The van der Waals surface area contributed by atoms with Gasteiger partial charge in [0, 0.05) is 0 Å². The largest absolute Gasteiger partial charge is 0.103 e. The van der Waals surface area contributed by atoms with Crippen LogP contribution in [0.25, 0.3) is 0 Å². The molecule has 0 spiro atoms. The van der Waals surface area contributed by atoms with Crippen LogP contribution in [0.5, 0.6) is 0 Å². The van der Waals surface area contributed by atoms with Crippen LogP contribution in [-0.4, -0.2) is 0 Å². The van der Waals surface area contributed by atoms with Crippen LogP contribution in [-0.2, 0) is 0 Å². The van der Waals surface area contributed by atoms with Gasteiger partial charge in [-0.2, -0.15) is 0 Å². The molecule has 0 amide bonds. The molecule has 54 valence electrons. The minimum absolute atomic E-state index is 0.562. The predicted octanol–water partition coefficient (Wildman–Crippen LogP) is 2.92. The molecule has 1 saturated carbocycles. The van der Waals surface area contributed by atoms with Crippen molar-refractivity contribution in [1.29, 1.82) is 0 Å². The maximum absolute atomic E-state index is 3.80. The van der Waals surface area contributed by atoms with Crippen LogP contribution in [0.4, 0.5) is 0 Å². The number of rotatable bonds is 2. The lowest BCUT2D eigenvalue weighted by Crippen LogP contribution is -2.08. The van der Waals surface area contributed by atoms with Crippen molar-refractivity contribution >= 4 is 0 Å². The molecule has 2 atom stereocenters. The quantitative estimate of drug-likeness (QED) is 0.509. The number of hydrogen-bond donors (Lipinski definition) is 0. The van der Waals surface area contributed by atoms with E-state index in [9.17, 15) is 0 Å². The molecule has 2 aliphatic rings. The molecule has 2 aliphatic carbocycles. The van der Waals surface area contributed by atoms with Crippen LogP contribution in [0.2, 0.25) is 0 Å². The highest BCUT2D eigenvalue weighted by molar-refractivity contribution is 5.16. The molecule has 0 radical (unpaired) electrons. The Morgan fingerprint density at radius 3 is 3.00 bits per heavy atom. The van der Waals surface area contributed by atoms with Gasteiger partial charge in [0.1, 0.15) is 0 Å². The summed E-state index contributed by atoms with van der Waals surface area (Å²) >= 11 is 0. The summed E-state index contributed by atoms with van der Waals surface area (Å²) < 4.78 is 0. The smallest absolute Gasteiger partial charge is 0.00780 e. The Morgan fingerprint density at radius 2 is 2.60 bits per heavy atom. The van der Waals surface area contributed by atoms with E-state index in [-0.39, 0.29) is 0 Å². The highest BCUT2D eigenvalue weighted by Gasteiger charge is 2.39. The third-order valence-electron chi connectivity index (χ3n) is 2.95. The van der Waals surface area contributed by atoms with Crippen LogP contribution < -0.4 is 0 Å². The molecule has 0 aromatic rings. The molecule has 2 rings (SSSR count). The van der Waals surface area contributed by atoms with Crippen molar-refractivity contribution in [2.75, 3.05) is 0 Å². The van der Waals surface area contributed by atoms with E-state index < -0.39 is 0 Å². The highest BCUT2D eigenvalue weighted by Crippen LogP contribution is 2.51. The summed E-state index contributed by atoms with van der Waals surface area (Å²) in [7, 11) is 0. The zero-order chi connectivity index (χ0) is 7.03. The van der Waals surface area contributed by atoms with Crippen LogP contribution in [0, 0.1) is 11.3 Å². The predicted molar refractivity (Wildman–Crippen MR) is 43.7 cm³/mol. The standard InChI is InChI=1S/C10H14/c1-2-5-10-6-3-9(8-10)4-7-10/h2-3,6,9H,1,4-5,7-8H2. The molecule has 2 unspecified atom stereocenters. The van der Waals surface area contributed by atoms with E-state index in [1.807, 2.05) is 0 Å². The van der Waals surface area contributed by atoms with Gasteiger partial charge in [0.2, 0.25) is 0 Å². The Balaban J connectivity index is 2.16. The fraction of sp³-hybridized carbons (Fsp3) is 0.600. The van der Waals surface area contributed by atoms with Crippen molar-refractivity contribution in [2.45, 2.75) is 25.7 Å². The monoisotopic (exact) mass is 134 g/mol. The second-order valence-corrected chi connectivity index (χ2v) is 3.72. The molecule has 0 heterocycles. The molecule has 0 nitrogen and oxygen atoms in total. The van der Waals surface area contributed by atoms with Gasteiger partial charge in [-0.1, -0.05) is 18.2 Å². The minimum atomic E-state index is 0.562. The lowest BCUT2D eigenvalue weighted by atomic mass is 9.84. The molecule has 1 fully saturated rings. The van der Waals surface area contributed by atoms with Crippen LogP contribution in [0.15, 0.2) is 24.8 Å². The second kappa shape index (κ2) is 1.98. The topological polar surface area (TPSA) is 0 Å². The maximum atomic E-state index is 3.80. The Labute approximate surface area is 62.6 Å². The molecule has 0 N–H and O–H groups in total. The van der Waals surface area contributed by atoms with Gasteiger partial charge in [-0.05, 0) is 37.0 Å². The first kappa shape index (κ1) is 6.21. The molecule has 0 aromatic carbocycles. The van der Waals surface area contributed by atoms with Gasteiger partial charge in [-0.25, -0.2) is 0 Å². The van der Waals surface area contributed by atoms with E-state index in [2.05, 4.69) is 24.8 Å².